The summed E-state index contributed by atoms with van der Waals surface area (Å²) in [4.78, 5) is 26.0. The maximum atomic E-state index is 13.3. The number of amides is 1. The highest BCUT2D eigenvalue weighted by atomic mass is 19.4. The van der Waals surface area contributed by atoms with E-state index in [0.717, 1.165) is 4.57 Å². The molecule has 12 heteroatoms. The predicted octanol–water partition coefficient (Wildman–Crippen LogP) is 4.37. The molecule has 168 valence electrons. The fraction of sp³-hybridized carbons (Fsp3) is 0.0952. The van der Waals surface area contributed by atoms with Gasteiger partial charge in [0.15, 0.2) is 0 Å². The first-order chi connectivity index (χ1) is 15.7. The van der Waals surface area contributed by atoms with E-state index in [2.05, 4.69) is 15.5 Å². The van der Waals surface area contributed by atoms with E-state index < -0.39 is 29.4 Å². The van der Waals surface area contributed by atoms with Crippen molar-refractivity contribution < 1.29 is 27.3 Å². The van der Waals surface area contributed by atoms with Crippen molar-refractivity contribution in [3.8, 4) is 11.3 Å². The molecule has 9 nitrogen and oxygen atoms in total. The standard InChI is InChI=1S/C21H14F3N5O4/c22-21(23,24)20-26-16-3-1-2-4-17(16)28(20)12-19(30)27-25-11-15-9-10-18(33-15)13-5-7-14(8-6-13)29(31)32/h1-11H,12H2,(H,27,30). The third-order valence-corrected chi connectivity index (χ3v) is 4.58. The summed E-state index contributed by atoms with van der Waals surface area (Å²) >= 11 is 0. The van der Waals surface area contributed by atoms with Gasteiger partial charge in [0.2, 0.25) is 5.82 Å². The number of nitrogens with zero attached hydrogens (tertiary/aromatic N) is 4. The summed E-state index contributed by atoms with van der Waals surface area (Å²) in [7, 11) is 0. The zero-order chi connectivity index (χ0) is 23.6. The largest absolute Gasteiger partial charge is 0.455 e. The molecule has 2 aromatic carbocycles. The fourth-order valence-electron chi connectivity index (χ4n) is 3.12. The molecule has 0 radical (unpaired) electrons. The number of fused-ring (bicyclic) bond motifs is 1. The molecule has 4 rings (SSSR count). The van der Waals surface area contributed by atoms with Crippen LogP contribution in [-0.2, 0) is 17.5 Å². The summed E-state index contributed by atoms with van der Waals surface area (Å²) < 4.78 is 46.3. The smallest absolute Gasteiger partial charge is 0.449 e. The van der Waals surface area contributed by atoms with Gasteiger partial charge >= 0.3 is 6.18 Å². The van der Waals surface area contributed by atoms with Crippen LogP contribution in [0.25, 0.3) is 22.4 Å². The quantitative estimate of drug-likeness (QED) is 0.262. The Bertz CT molecular complexity index is 1360. The van der Waals surface area contributed by atoms with Crippen LogP contribution < -0.4 is 5.43 Å². The lowest BCUT2D eigenvalue weighted by atomic mass is 10.1. The van der Waals surface area contributed by atoms with Crippen LogP contribution >= 0.6 is 0 Å². The Labute approximate surface area is 183 Å². The number of benzene rings is 2. The van der Waals surface area contributed by atoms with Crippen molar-refractivity contribution >= 4 is 28.8 Å². The van der Waals surface area contributed by atoms with Gasteiger partial charge in [-0.3, -0.25) is 14.9 Å². The molecule has 0 fully saturated rings. The highest BCUT2D eigenvalue weighted by Gasteiger charge is 2.38. The number of alkyl halides is 3. The van der Waals surface area contributed by atoms with Gasteiger partial charge in [-0.1, -0.05) is 12.1 Å². The second-order valence-electron chi connectivity index (χ2n) is 6.81. The maximum Gasteiger partial charge on any atom is 0.449 e. The highest BCUT2D eigenvalue weighted by Crippen LogP contribution is 2.31. The topological polar surface area (TPSA) is 116 Å². The van der Waals surface area contributed by atoms with Gasteiger partial charge in [-0.05, 0) is 36.4 Å². The SMILES string of the molecule is O=C(Cn1c(C(F)(F)F)nc2ccccc21)NN=Cc1ccc(-c2ccc([N+](=O)[O-])cc2)o1. The lowest BCUT2D eigenvalue weighted by molar-refractivity contribution is -0.384. The number of non-ortho nitro benzene ring substituents is 1. The van der Waals surface area contributed by atoms with Crippen LogP contribution in [0.2, 0.25) is 0 Å². The summed E-state index contributed by atoms with van der Waals surface area (Å²) in [5.74, 6) is -1.30. The third-order valence-electron chi connectivity index (χ3n) is 4.58. The molecule has 0 aliphatic heterocycles. The van der Waals surface area contributed by atoms with E-state index in [9.17, 15) is 28.1 Å². The van der Waals surface area contributed by atoms with Crippen LogP contribution in [0.15, 0.2) is 70.2 Å². The first-order valence-corrected chi connectivity index (χ1v) is 9.41. The van der Waals surface area contributed by atoms with Gasteiger partial charge in [-0.15, -0.1) is 0 Å². The van der Waals surface area contributed by atoms with E-state index in [1.807, 2.05) is 0 Å². The van der Waals surface area contributed by atoms with Gasteiger partial charge < -0.3 is 8.98 Å². The number of para-hydroxylation sites is 2. The number of hydrazone groups is 1. The van der Waals surface area contributed by atoms with Crippen LogP contribution in [0.1, 0.15) is 11.6 Å². The van der Waals surface area contributed by atoms with Crippen LogP contribution in [0, 0.1) is 10.1 Å². The molecule has 1 N–H and O–H groups in total. The monoisotopic (exact) mass is 457 g/mol. The van der Waals surface area contributed by atoms with Gasteiger partial charge in [0.1, 0.15) is 18.1 Å². The number of carbonyl (C=O) groups is 1. The predicted molar refractivity (Wildman–Crippen MR) is 111 cm³/mol. The van der Waals surface area contributed by atoms with E-state index in [-0.39, 0.29) is 22.5 Å². The van der Waals surface area contributed by atoms with Gasteiger partial charge in [0, 0.05) is 17.7 Å². The summed E-state index contributed by atoms with van der Waals surface area (Å²) in [5, 5.41) is 14.4. The molecule has 2 aromatic heterocycles. The van der Waals surface area contributed by atoms with Crippen molar-refractivity contribution in [1.29, 1.82) is 0 Å². The molecule has 33 heavy (non-hydrogen) atoms. The number of nitro benzene ring substituents is 1. The third kappa shape index (κ3) is 4.74. The van der Waals surface area contributed by atoms with E-state index in [4.69, 9.17) is 4.42 Å². The molecule has 0 aliphatic rings. The van der Waals surface area contributed by atoms with Crippen molar-refractivity contribution in [2.75, 3.05) is 0 Å². The molecule has 0 aliphatic carbocycles. The number of rotatable bonds is 6. The van der Waals surface area contributed by atoms with E-state index in [1.54, 1.807) is 24.3 Å². The lowest BCUT2D eigenvalue weighted by Gasteiger charge is -2.10. The fourth-order valence-corrected chi connectivity index (χ4v) is 3.12. The Morgan fingerprint density at radius 2 is 1.88 bits per heavy atom. The number of carbonyl (C=O) groups excluding carboxylic acids is 1. The summed E-state index contributed by atoms with van der Waals surface area (Å²) in [5.41, 5.74) is 2.98. The molecular formula is C21H14F3N5O4. The number of aromatic nitrogens is 2. The normalized spacial score (nSPS) is 11.8. The van der Waals surface area contributed by atoms with Crippen LogP contribution in [-0.4, -0.2) is 26.6 Å². The number of nitro groups is 1. The van der Waals surface area contributed by atoms with Crippen LogP contribution in [0.5, 0.6) is 0 Å². The molecule has 0 saturated heterocycles. The first kappa shape index (κ1) is 21.7. The Hall–Kier alpha value is -4.48. The molecular weight excluding hydrogens is 443 g/mol. The summed E-state index contributed by atoms with van der Waals surface area (Å²) in [6.45, 7) is -0.640. The maximum absolute atomic E-state index is 13.3. The minimum absolute atomic E-state index is 0.0610. The summed E-state index contributed by atoms with van der Waals surface area (Å²) in [6, 6.07) is 14.8. The van der Waals surface area contributed by atoms with Crippen molar-refractivity contribution in [3.63, 3.8) is 0 Å². The van der Waals surface area contributed by atoms with Crippen LogP contribution in [0.4, 0.5) is 18.9 Å². The summed E-state index contributed by atoms with van der Waals surface area (Å²) in [6.07, 6.45) is -3.55. The van der Waals surface area contributed by atoms with Gasteiger partial charge in [0.25, 0.3) is 11.6 Å². The van der Waals surface area contributed by atoms with E-state index >= 15 is 0 Å². The number of nitrogens with one attached hydrogen (secondary N) is 1. The molecule has 0 saturated carbocycles. The number of hydrogen-bond acceptors (Lipinski definition) is 6. The van der Waals surface area contributed by atoms with Gasteiger partial charge in [0.05, 0.1) is 22.2 Å². The van der Waals surface area contributed by atoms with Crippen molar-refractivity contribution in [2.45, 2.75) is 12.7 Å². The second-order valence-corrected chi connectivity index (χ2v) is 6.81. The number of imidazole rings is 1. The minimum atomic E-state index is -4.73. The average molecular weight is 457 g/mol. The molecule has 0 bridgehead atoms. The van der Waals surface area contributed by atoms with Crippen LogP contribution in [0.3, 0.4) is 0 Å². The zero-order valence-electron chi connectivity index (χ0n) is 16.6. The molecule has 0 unspecified atom stereocenters. The van der Waals surface area contributed by atoms with Crippen molar-refractivity contribution in [3.05, 3.63) is 82.4 Å². The van der Waals surface area contributed by atoms with Gasteiger partial charge in [-0.25, -0.2) is 10.4 Å². The average Bonchev–Trinajstić information content (AvgIpc) is 3.39. The number of furan rings is 1. The lowest BCUT2D eigenvalue weighted by Crippen LogP contribution is -2.26. The Balaban J connectivity index is 1.44. The second kappa shape index (κ2) is 8.57. The van der Waals surface area contributed by atoms with E-state index in [0.29, 0.717) is 11.3 Å². The Morgan fingerprint density at radius 1 is 1.15 bits per heavy atom. The van der Waals surface area contributed by atoms with Crippen molar-refractivity contribution in [2.24, 2.45) is 5.10 Å². The first-order valence-electron chi connectivity index (χ1n) is 9.41. The molecule has 2 heterocycles. The molecule has 0 spiro atoms. The number of hydrogen-bond donors (Lipinski definition) is 1. The van der Waals surface area contributed by atoms with Gasteiger partial charge in [-0.2, -0.15) is 18.3 Å². The van der Waals surface area contributed by atoms with Crippen molar-refractivity contribution in [1.82, 2.24) is 15.0 Å². The Morgan fingerprint density at radius 3 is 2.58 bits per heavy atom. The molecule has 0 atom stereocenters. The molecule has 4 aromatic rings. The zero-order valence-corrected chi connectivity index (χ0v) is 16.6. The minimum Gasteiger partial charge on any atom is -0.455 e. The number of halogens is 3. The molecule has 1 amide bonds. The van der Waals surface area contributed by atoms with E-state index in [1.165, 1.54) is 42.6 Å². The Kier molecular flexibility index (Phi) is 5.65. The highest BCUT2D eigenvalue weighted by molar-refractivity contribution is 5.83.